The number of ether oxygens (including phenoxy) is 2. The Balaban J connectivity index is 3.11. The maximum absolute atomic E-state index is 12.6. The number of hydrogen-bond donors (Lipinski definition) is 0. The van der Waals surface area contributed by atoms with Crippen LogP contribution in [0, 0.1) is 0 Å². The summed E-state index contributed by atoms with van der Waals surface area (Å²) in [5.74, 6) is 0.126. The summed E-state index contributed by atoms with van der Waals surface area (Å²) in [6.07, 6.45) is 2.61. The van der Waals surface area contributed by atoms with Crippen LogP contribution in [-0.2, 0) is 9.53 Å². The number of allylic oxidation sites excluding steroid dienone is 2. The van der Waals surface area contributed by atoms with Gasteiger partial charge in [-0.05, 0) is 33.3 Å². The van der Waals surface area contributed by atoms with Crippen molar-refractivity contribution in [1.82, 2.24) is 0 Å². The van der Waals surface area contributed by atoms with E-state index in [0.29, 0.717) is 29.7 Å². The van der Waals surface area contributed by atoms with Crippen molar-refractivity contribution in [1.29, 1.82) is 0 Å². The molecule has 1 aromatic rings. The van der Waals surface area contributed by atoms with Gasteiger partial charge in [0.25, 0.3) is 0 Å². The number of carbonyl (C=O) groups is 2. The summed E-state index contributed by atoms with van der Waals surface area (Å²) in [6.45, 7) is 7.11. The first kappa shape index (κ1) is 18.0. The van der Waals surface area contributed by atoms with Gasteiger partial charge < -0.3 is 9.47 Å². The Morgan fingerprint density at radius 2 is 1.91 bits per heavy atom. The molecule has 22 heavy (non-hydrogen) atoms. The van der Waals surface area contributed by atoms with Gasteiger partial charge in [0.05, 0.1) is 12.7 Å². The van der Waals surface area contributed by atoms with Crippen LogP contribution in [0.25, 0.3) is 0 Å². The molecule has 1 rings (SSSR count). The highest BCUT2D eigenvalue weighted by Gasteiger charge is 2.21. The maximum atomic E-state index is 12.6. The minimum atomic E-state index is -0.491. The average Bonchev–Trinajstić information content (AvgIpc) is 2.45. The van der Waals surface area contributed by atoms with Gasteiger partial charge in [-0.25, -0.2) is 0 Å². The lowest BCUT2D eigenvalue weighted by atomic mass is 9.96. The highest BCUT2D eigenvalue weighted by molar-refractivity contribution is 6.00. The molecule has 1 aromatic carbocycles. The van der Waals surface area contributed by atoms with Crippen molar-refractivity contribution in [3.63, 3.8) is 0 Å². The molecule has 0 aliphatic rings. The predicted molar refractivity (Wildman–Crippen MR) is 86.2 cm³/mol. The van der Waals surface area contributed by atoms with Crippen molar-refractivity contribution < 1.29 is 19.1 Å². The number of esters is 1. The molecule has 0 aliphatic carbocycles. The lowest BCUT2D eigenvalue weighted by Gasteiger charge is -2.18. The van der Waals surface area contributed by atoms with Crippen LogP contribution in [-0.4, -0.2) is 18.9 Å². The van der Waals surface area contributed by atoms with Gasteiger partial charge in [-0.1, -0.05) is 23.8 Å². The average molecular weight is 304 g/mol. The van der Waals surface area contributed by atoms with E-state index in [1.165, 1.54) is 19.6 Å². The van der Waals surface area contributed by atoms with Crippen LogP contribution in [0.1, 0.15) is 62.6 Å². The molecule has 0 aliphatic heterocycles. The van der Waals surface area contributed by atoms with Crippen LogP contribution in [0.3, 0.4) is 0 Å². The van der Waals surface area contributed by atoms with E-state index in [9.17, 15) is 9.59 Å². The zero-order valence-electron chi connectivity index (χ0n) is 13.9. The maximum Gasteiger partial charge on any atom is 0.303 e. The van der Waals surface area contributed by atoms with Gasteiger partial charge >= 0.3 is 5.97 Å². The van der Waals surface area contributed by atoms with E-state index in [2.05, 4.69) is 0 Å². The quantitative estimate of drug-likeness (QED) is 0.429. The van der Waals surface area contributed by atoms with Gasteiger partial charge in [0.15, 0.2) is 5.78 Å². The first-order valence-electron chi connectivity index (χ1n) is 7.37. The van der Waals surface area contributed by atoms with E-state index < -0.39 is 6.10 Å². The molecule has 4 heteroatoms. The molecule has 0 amide bonds. The second-order valence-corrected chi connectivity index (χ2v) is 5.42. The first-order valence-corrected chi connectivity index (χ1v) is 7.37. The first-order chi connectivity index (χ1) is 10.4. The highest BCUT2D eigenvalue weighted by atomic mass is 16.5. The number of Topliss-reactive ketones (excluding diaryl/α,β-unsaturated/α-hetero) is 1. The van der Waals surface area contributed by atoms with Crippen molar-refractivity contribution in [2.45, 2.75) is 46.6 Å². The van der Waals surface area contributed by atoms with Gasteiger partial charge in [0, 0.05) is 18.9 Å². The third kappa shape index (κ3) is 5.02. The molecule has 4 nitrogen and oxygen atoms in total. The molecular formula is C18H24O4. The van der Waals surface area contributed by atoms with Gasteiger partial charge in [0.1, 0.15) is 11.9 Å². The van der Waals surface area contributed by atoms with Crippen LogP contribution in [0.4, 0.5) is 0 Å². The van der Waals surface area contributed by atoms with Crippen molar-refractivity contribution in [3.8, 4) is 5.75 Å². The molecule has 0 saturated carbocycles. The zero-order chi connectivity index (χ0) is 16.7. The fourth-order valence-corrected chi connectivity index (χ4v) is 2.28. The molecule has 120 valence electrons. The van der Waals surface area contributed by atoms with Gasteiger partial charge in [-0.15, -0.1) is 0 Å². The summed E-state index contributed by atoms with van der Waals surface area (Å²) in [6, 6.07) is 5.34. The molecule has 1 atom stereocenters. The summed E-state index contributed by atoms with van der Waals surface area (Å²) in [5.41, 5.74) is 2.36. The molecule has 0 heterocycles. The number of benzene rings is 1. The second kappa shape index (κ2) is 8.37. The molecule has 0 aromatic heterocycles. The third-order valence-corrected chi connectivity index (χ3v) is 3.26. The Morgan fingerprint density at radius 1 is 1.23 bits per heavy atom. The standard InChI is InChI=1S/C18H24O4/c1-12(2)8-6-10-16(20)18-15(13(3)22-14(4)19)9-7-11-17(18)21-5/h7-9,11,13H,6,10H2,1-5H3. The SMILES string of the molecule is COc1cccc(C(C)OC(C)=O)c1C(=O)CCC=C(C)C. The molecular weight excluding hydrogens is 280 g/mol. The minimum absolute atomic E-state index is 0.0102. The zero-order valence-corrected chi connectivity index (χ0v) is 13.9. The predicted octanol–water partition coefficient (Wildman–Crippen LogP) is 4.25. The highest BCUT2D eigenvalue weighted by Crippen LogP contribution is 2.30. The number of methoxy groups -OCH3 is 1. The molecule has 0 N–H and O–H groups in total. The summed E-state index contributed by atoms with van der Waals surface area (Å²) in [4.78, 5) is 23.7. The number of ketones is 1. The Hall–Kier alpha value is -2.10. The van der Waals surface area contributed by atoms with E-state index >= 15 is 0 Å². The summed E-state index contributed by atoms with van der Waals surface area (Å²) in [5, 5.41) is 0. The fraction of sp³-hybridized carbons (Fsp3) is 0.444. The number of hydrogen-bond acceptors (Lipinski definition) is 4. The van der Waals surface area contributed by atoms with Gasteiger partial charge in [0.2, 0.25) is 0 Å². The van der Waals surface area contributed by atoms with E-state index in [-0.39, 0.29) is 11.8 Å². The van der Waals surface area contributed by atoms with Crippen LogP contribution >= 0.6 is 0 Å². The minimum Gasteiger partial charge on any atom is -0.496 e. The molecule has 0 saturated heterocycles. The lowest BCUT2D eigenvalue weighted by molar-refractivity contribution is -0.145. The topological polar surface area (TPSA) is 52.6 Å². The molecule has 0 fully saturated rings. The summed E-state index contributed by atoms with van der Waals surface area (Å²) in [7, 11) is 1.53. The molecule has 0 radical (unpaired) electrons. The van der Waals surface area contributed by atoms with Gasteiger partial charge in [-0.3, -0.25) is 9.59 Å². The van der Waals surface area contributed by atoms with E-state index in [1.54, 1.807) is 25.1 Å². The van der Waals surface area contributed by atoms with E-state index in [1.807, 2.05) is 19.9 Å². The van der Waals surface area contributed by atoms with Crippen molar-refractivity contribution in [2.24, 2.45) is 0 Å². The lowest BCUT2D eigenvalue weighted by Crippen LogP contribution is -2.12. The summed E-state index contributed by atoms with van der Waals surface area (Å²) >= 11 is 0. The Morgan fingerprint density at radius 3 is 2.45 bits per heavy atom. The molecule has 1 unspecified atom stereocenters. The molecule has 0 bridgehead atoms. The number of carbonyl (C=O) groups excluding carboxylic acids is 2. The van der Waals surface area contributed by atoms with Crippen LogP contribution in [0.5, 0.6) is 5.75 Å². The monoisotopic (exact) mass is 304 g/mol. The van der Waals surface area contributed by atoms with Crippen LogP contribution in [0.2, 0.25) is 0 Å². The van der Waals surface area contributed by atoms with Gasteiger partial charge in [-0.2, -0.15) is 0 Å². The van der Waals surface area contributed by atoms with E-state index in [4.69, 9.17) is 9.47 Å². The molecule has 0 spiro atoms. The Kier molecular flexibility index (Phi) is 6.83. The fourth-order valence-electron chi connectivity index (χ4n) is 2.28. The Bertz CT molecular complexity index is 568. The largest absolute Gasteiger partial charge is 0.496 e. The van der Waals surface area contributed by atoms with Crippen molar-refractivity contribution in [2.75, 3.05) is 7.11 Å². The van der Waals surface area contributed by atoms with Crippen LogP contribution < -0.4 is 4.74 Å². The van der Waals surface area contributed by atoms with Crippen LogP contribution in [0.15, 0.2) is 29.8 Å². The van der Waals surface area contributed by atoms with E-state index in [0.717, 1.165) is 0 Å². The summed E-state index contributed by atoms with van der Waals surface area (Å²) < 4.78 is 10.5. The van der Waals surface area contributed by atoms with Crippen molar-refractivity contribution in [3.05, 3.63) is 41.0 Å². The number of rotatable bonds is 7. The second-order valence-electron chi connectivity index (χ2n) is 5.42. The Labute approximate surface area is 132 Å². The smallest absolute Gasteiger partial charge is 0.303 e. The third-order valence-electron chi connectivity index (χ3n) is 3.26. The normalized spacial score (nSPS) is 11.5. The van der Waals surface area contributed by atoms with Crippen molar-refractivity contribution >= 4 is 11.8 Å².